The number of rotatable bonds is 4. The van der Waals surface area contributed by atoms with Crippen molar-refractivity contribution in [3.8, 4) is 5.75 Å². The van der Waals surface area contributed by atoms with Crippen LogP contribution in [-0.4, -0.2) is 11.3 Å². The Hall–Kier alpha value is -1.87. The average Bonchev–Trinajstić information content (AvgIpc) is 2.42. The van der Waals surface area contributed by atoms with Crippen LogP contribution in [0.4, 0.5) is 0 Å². The maximum Gasteiger partial charge on any atom is 0.150 e. The molecule has 18 heavy (non-hydrogen) atoms. The van der Waals surface area contributed by atoms with E-state index < -0.39 is 0 Å². The van der Waals surface area contributed by atoms with Gasteiger partial charge in [-0.25, -0.2) is 0 Å². The molecule has 0 bridgehead atoms. The smallest absolute Gasteiger partial charge is 0.150 e. The fourth-order valence-corrected chi connectivity index (χ4v) is 1.79. The minimum absolute atomic E-state index is 0.154. The third-order valence-electron chi connectivity index (χ3n) is 2.55. The van der Waals surface area contributed by atoms with E-state index in [1.807, 2.05) is 19.1 Å². The minimum atomic E-state index is -0.154. The molecule has 0 spiro atoms. The van der Waals surface area contributed by atoms with E-state index in [0.717, 1.165) is 11.8 Å². The molecule has 0 saturated carbocycles. The monoisotopic (exact) mass is 261 g/mol. The number of carbonyl (C=O) groups excluding carboxylic acids is 1. The van der Waals surface area contributed by atoms with Gasteiger partial charge in [0.25, 0.3) is 0 Å². The van der Waals surface area contributed by atoms with Crippen LogP contribution < -0.4 is 4.74 Å². The lowest BCUT2D eigenvalue weighted by Crippen LogP contribution is -2.03. The Labute approximate surface area is 110 Å². The molecule has 1 aromatic heterocycles. The van der Waals surface area contributed by atoms with Gasteiger partial charge in [-0.1, -0.05) is 17.7 Å². The highest BCUT2D eigenvalue weighted by Crippen LogP contribution is 2.29. The Kier molecular flexibility index (Phi) is 3.95. The number of halogens is 1. The molecule has 1 aromatic carbocycles. The molecular formula is C14H12ClNO2. The molecule has 0 fully saturated rings. The first-order chi connectivity index (χ1) is 8.70. The van der Waals surface area contributed by atoms with Crippen LogP contribution in [0.3, 0.4) is 0 Å². The first kappa shape index (κ1) is 12.6. The molecule has 0 aliphatic rings. The van der Waals surface area contributed by atoms with E-state index in [1.165, 1.54) is 0 Å². The van der Waals surface area contributed by atoms with Gasteiger partial charge in [0.2, 0.25) is 0 Å². The number of pyridine rings is 1. The summed E-state index contributed by atoms with van der Waals surface area (Å²) >= 11 is 6.04. The zero-order chi connectivity index (χ0) is 13.0. The predicted octanol–water partition coefficient (Wildman–Crippen LogP) is 3.69. The van der Waals surface area contributed by atoms with E-state index >= 15 is 0 Å². The van der Waals surface area contributed by atoms with E-state index in [1.54, 1.807) is 30.6 Å². The first-order valence-corrected chi connectivity index (χ1v) is 5.90. The number of hydrogen-bond acceptors (Lipinski definition) is 3. The molecule has 1 atom stereocenters. The van der Waals surface area contributed by atoms with Crippen LogP contribution in [0.25, 0.3) is 0 Å². The van der Waals surface area contributed by atoms with E-state index in [4.69, 9.17) is 16.3 Å². The van der Waals surface area contributed by atoms with Gasteiger partial charge in [0.05, 0.1) is 5.02 Å². The van der Waals surface area contributed by atoms with Gasteiger partial charge in [-0.15, -0.1) is 0 Å². The van der Waals surface area contributed by atoms with Crippen molar-refractivity contribution in [2.45, 2.75) is 13.0 Å². The number of carbonyl (C=O) groups is 1. The third-order valence-corrected chi connectivity index (χ3v) is 2.84. The molecule has 0 saturated heterocycles. The van der Waals surface area contributed by atoms with Gasteiger partial charge in [-0.3, -0.25) is 9.78 Å². The Morgan fingerprint density at radius 3 is 2.83 bits per heavy atom. The van der Waals surface area contributed by atoms with Crippen molar-refractivity contribution in [3.63, 3.8) is 0 Å². The van der Waals surface area contributed by atoms with Crippen LogP contribution in [0.2, 0.25) is 5.02 Å². The van der Waals surface area contributed by atoms with Crippen molar-refractivity contribution in [3.05, 3.63) is 58.9 Å². The molecule has 92 valence electrons. The average molecular weight is 262 g/mol. The molecule has 0 amide bonds. The van der Waals surface area contributed by atoms with E-state index in [0.29, 0.717) is 16.3 Å². The molecule has 0 aliphatic carbocycles. The standard InChI is InChI=1S/C14H12ClNO2/c1-10(12-3-2-6-16-8-12)18-14-5-4-11(9-17)7-13(14)15/h2-10H,1H3. The number of hydrogen-bond donors (Lipinski definition) is 0. The number of benzene rings is 1. The lowest BCUT2D eigenvalue weighted by atomic mass is 10.2. The topological polar surface area (TPSA) is 39.2 Å². The van der Waals surface area contributed by atoms with Gasteiger partial charge in [-0.2, -0.15) is 0 Å². The zero-order valence-electron chi connectivity index (χ0n) is 9.84. The van der Waals surface area contributed by atoms with Crippen molar-refractivity contribution in [2.75, 3.05) is 0 Å². The maximum absolute atomic E-state index is 10.6. The van der Waals surface area contributed by atoms with Crippen LogP contribution in [0.1, 0.15) is 28.9 Å². The van der Waals surface area contributed by atoms with E-state index in [9.17, 15) is 4.79 Å². The highest BCUT2D eigenvalue weighted by molar-refractivity contribution is 6.32. The van der Waals surface area contributed by atoms with Gasteiger partial charge in [0.1, 0.15) is 18.1 Å². The molecule has 0 N–H and O–H groups in total. The fourth-order valence-electron chi connectivity index (χ4n) is 1.56. The summed E-state index contributed by atoms with van der Waals surface area (Å²) in [6.45, 7) is 1.92. The Morgan fingerprint density at radius 2 is 2.22 bits per heavy atom. The highest BCUT2D eigenvalue weighted by atomic mass is 35.5. The molecule has 3 nitrogen and oxygen atoms in total. The van der Waals surface area contributed by atoms with Crippen LogP contribution in [0, 0.1) is 0 Å². The zero-order valence-corrected chi connectivity index (χ0v) is 10.6. The predicted molar refractivity (Wildman–Crippen MR) is 70.1 cm³/mol. The van der Waals surface area contributed by atoms with E-state index in [2.05, 4.69) is 4.98 Å². The normalized spacial score (nSPS) is 11.9. The van der Waals surface area contributed by atoms with Crippen LogP contribution in [0.5, 0.6) is 5.75 Å². The second kappa shape index (κ2) is 5.65. The van der Waals surface area contributed by atoms with Crippen molar-refractivity contribution < 1.29 is 9.53 Å². The van der Waals surface area contributed by atoms with Crippen LogP contribution in [0.15, 0.2) is 42.7 Å². The lowest BCUT2D eigenvalue weighted by molar-refractivity contribution is 0.112. The van der Waals surface area contributed by atoms with Crippen molar-refractivity contribution >= 4 is 17.9 Å². The molecule has 0 aliphatic heterocycles. The van der Waals surface area contributed by atoms with Crippen LogP contribution >= 0.6 is 11.6 Å². The third kappa shape index (κ3) is 2.87. The number of ether oxygens (including phenoxy) is 1. The number of nitrogens with zero attached hydrogens (tertiary/aromatic N) is 1. The van der Waals surface area contributed by atoms with Gasteiger partial charge in [0, 0.05) is 23.5 Å². The molecule has 4 heteroatoms. The molecule has 1 unspecified atom stereocenters. The van der Waals surface area contributed by atoms with Gasteiger partial charge in [0.15, 0.2) is 0 Å². The van der Waals surface area contributed by atoms with Gasteiger partial charge >= 0.3 is 0 Å². The van der Waals surface area contributed by atoms with Crippen molar-refractivity contribution in [2.24, 2.45) is 0 Å². The lowest BCUT2D eigenvalue weighted by Gasteiger charge is -2.15. The second-order valence-corrected chi connectivity index (χ2v) is 4.26. The minimum Gasteiger partial charge on any atom is -0.484 e. The second-order valence-electron chi connectivity index (χ2n) is 3.85. The largest absolute Gasteiger partial charge is 0.484 e. The van der Waals surface area contributed by atoms with Gasteiger partial charge in [-0.05, 0) is 31.2 Å². The summed E-state index contributed by atoms with van der Waals surface area (Å²) in [4.78, 5) is 14.6. The summed E-state index contributed by atoms with van der Waals surface area (Å²) in [5, 5.41) is 0.426. The highest BCUT2D eigenvalue weighted by Gasteiger charge is 2.10. The summed E-state index contributed by atoms with van der Waals surface area (Å²) in [5.41, 5.74) is 1.49. The quantitative estimate of drug-likeness (QED) is 0.788. The Morgan fingerprint density at radius 1 is 1.39 bits per heavy atom. The summed E-state index contributed by atoms with van der Waals surface area (Å²) in [7, 11) is 0. The maximum atomic E-state index is 10.6. The summed E-state index contributed by atoms with van der Waals surface area (Å²) < 4.78 is 5.74. The van der Waals surface area contributed by atoms with E-state index in [-0.39, 0.29) is 6.10 Å². The molecule has 0 radical (unpaired) electrons. The Balaban J connectivity index is 2.17. The molecule has 1 heterocycles. The molecular weight excluding hydrogens is 250 g/mol. The SMILES string of the molecule is CC(Oc1ccc(C=O)cc1Cl)c1cccnc1. The van der Waals surface area contributed by atoms with Crippen molar-refractivity contribution in [1.82, 2.24) is 4.98 Å². The van der Waals surface area contributed by atoms with Crippen LogP contribution in [-0.2, 0) is 0 Å². The summed E-state index contributed by atoms with van der Waals surface area (Å²) in [6.07, 6.45) is 4.05. The fraction of sp³-hybridized carbons (Fsp3) is 0.143. The van der Waals surface area contributed by atoms with Gasteiger partial charge < -0.3 is 4.74 Å². The summed E-state index contributed by atoms with van der Waals surface area (Å²) in [6, 6.07) is 8.74. The Bertz CT molecular complexity index is 543. The summed E-state index contributed by atoms with van der Waals surface area (Å²) in [5.74, 6) is 0.554. The number of aromatic nitrogens is 1. The first-order valence-electron chi connectivity index (χ1n) is 5.52. The molecule has 2 aromatic rings. The van der Waals surface area contributed by atoms with Crippen molar-refractivity contribution in [1.29, 1.82) is 0 Å². The number of aldehydes is 1. The molecule has 2 rings (SSSR count).